The van der Waals surface area contributed by atoms with E-state index in [2.05, 4.69) is 25.3 Å². The fourth-order valence-corrected chi connectivity index (χ4v) is 5.88. The van der Waals surface area contributed by atoms with Crippen LogP contribution in [0.3, 0.4) is 0 Å². The summed E-state index contributed by atoms with van der Waals surface area (Å²) in [6, 6.07) is 8.33. The standard InChI is InChI=1S/C17H26OS/c1-3-4-7-15-8-10-16(11-9-15)17(18)14-19(2)12-5-6-13-19/h8-11H,3-7,12-14H2,1-2H3. The maximum absolute atomic E-state index is 12.4. The number of rotatable bonds is 6. The third kappa shape index (κ3) is 4.10. The van der Waals surface area contributed by atoms with E-state index in [0.717, 1.165) is 17.7 Å². The number of unbranched alkanes of at least 4 members (excludes halogenated alkanes) is 1. The highest BCUT2D eigenvalue weighted by atomic mass is 32.3. The average Bonchev–Trinajstić information content (AvgIpc) is 2.83. The van der Waals surface area contributed by atoms with Gasteiger partial charge in [-0.1, -0.05) is 37.6 Å². The van der Waals surface area contributed by atoms with Crippen LogP contribution in [0.1, 0.15) is 48.5 Å². The Morgan fingerprint density at radius 3 is 2.37 bits per heavy atom. The molecule has 0 unspecified atom stereocenters. The Balaban J connectivity index is 1.95. The smallest absolute Gasteiger partial charge is 0.171 e. The summed E-state index contributed by atoms with van der Waals surface area (Å²) in [4.78, 5) is 12.4. The van der Waals surface area contributed by atoms with Crippen LogP contribution in [0.25, 0.3) is 0 Å². The Kier molecular flexibility index (Phi) is 5.09. The molecule has 0 aliphatic carbocycles. The predicted octanol–water partition coefficient (Wildman–Crippen LogP) is 4.44. The monoisotopic (exact) mass is 278 g/mol. The van der Waals surface area contributed by atoms with Crippen molar-refractivity contribution in [2.75, 3.05) is 23.5 Å². The van der Waals surface area contributed by atoms with E-state index in [9.17, 15) is 4.79 Å². The van der Waals surface area contributed by atoms with Crippen LogP contribution in [0.2, 0.25) is 0 Å². The molecule has 1 aromatic carbocycles. The van der Waals surface area contributed by atoms with Gasteiger partial charge in [0, 0.05) is 11.3 Å². The van der Waals surface area contributed by atoms with Gasteiger partial charge in [-0.25, -0.2) is 10.0 Å². The molecule has 2 rings (SSSR count). The Bertz CT molecular complexity index is 415. The second kappa shape index (κ2) is 6.60. The van der Waals surface area contributed by atoms with Crippen LogP contribution < -0.4 is 0 Å². The van der Waals surface area contributed by atoms with Gasteiger partial charge >= 0.3 is 0 Å². The van der Waals surface area contributed by atoms with Gasteiger partial charge in [-0.3, -0.25) is 4.79 Å². The first-order valence-electron chi connectivity index (χ1n) is 7.46. The van der Waals surface area contributed by atoms with Crippen molar-refractivity contribution in [3.05, 3.63) is 35.4 Å². The Morgan fingerprint density at radius 1 is 1.16 bits per heavy atom. The first-order valence-corrected chi connectivity index (χ1v) is 10.0. The van der Waals surface area contributed by atoms with E-state index >= 15 is 0 Å². The van der Waals surface area contributed by atoms with E-state index in [1.165, 1.54) is 42.8 Å². The van der Waals surface area contributed by atoms with Crippen molar-refractivity contribution in [2.45, 2.75) is 39.0 Å². The number of benzene rings is 1. The molecule has 19 heavy (non-hydrogen) atoms. The Hall–Kier alpha value is -0.760. The van der Waals surface area contributed by atoms with Gasteiger partial charge in [0.2, 0.25) is 0 Å². The van der Waals surface area contributed by atoms with Crippen LogP contribution in [0, 0.1) is 0 Å². The molecule has 1 nitrogen and oxygen atoms in total. The molecule has 0 spiro atoms. The molecular formula is C17H26OS. The molecule has 106 valence electrons. The molecule has 1 heterocycles. The molecule has 0 aromatic heterocycles. The van der Waals surface area contributed by atoms with Gasteiger partial charge in [0.1, 0.15) is 0 Å². The van der Waals surface area contributed by atoms with Crippen molar-refractivity contribution in [3.63, 3.8) is 0 Å². The van der Waals surface area contributed by atoms with Crippen molar-refractivity contribution in [1.82, 2.24) is 0 Å². The molecule has 0 amide bonds. The normalized spacial score (nSPS) is 19.3. The van der Waals surface area contributed by atoms with Crippen LogP contribution >= 0.6 is 10.0 Å². The fourth-order valence-electron chi connectivity index (χ4n) is 2.79. The van der Waals surface area contributed by atoms with Gasteiger partial charge in [-0.05, 0) is 49.0 Å². The lowest BCUT2D eigenvalue weighted by Crippen LogP contribution is -2.14. The van der Waals surface area contributed by atoms with Gasteiger partial charge in [0.05, 0.1) is 0 Å². The quantitative estimate of drug-likeness (QED) is 0.703. The highest BCUT2D eigenvalue weighted by Gasteiger charge is 2.26. The maximum atomic E-state index is 12.4. The highest BCUT2D eigenvalue weighted by Crippen LogP contribution is 2.50. The number of ketones is 1. The number of carbonyl (C=O) groups is 1. The van der Waals surface area contributed by atoms with Crippen molar-refractivity contribution in [3.8, 4) is 0 Å². The first kappa shape index (κ1) is 14.6. The van der Waals surface area contributed by atoms with Crippen molar-refractivity contribution < 1.29 is 4.79 Å². The topological polar surface area (TPSA) is 17.1 Å². The van der Waals surface area contributed by atoms with Gasteiger partial charge in [-0.15, -0.1) is 0 Å². The van der Waals surface area contributed by atoms with Crippen molar-refractivity contribution in [1.29, 1.82) is 0 Å². The zero-order chi connectivity index (χ0) is 13.7. The molecule has 0 atom stereocenters. The summed E-state index contributed by atoms with van der Waals surface area (Å²) >= 11 is 0. The van der Waals surface area contributed by atoms with Crippen LogP contribution in [-0.4, -0.2) is 29.3 Å². The molecule has 1 aliphatic heterocycles. The van der Waals surface area contributed by atoms with E-state index in [-0.39, 0.29) is 0 Å². The number of aryl methyl sites for hydroxylation is 1. The Labute approximate surface area is 119 Å². The second-order valence-corrected chi connectivity index (χ2v) is 10.0. The highest BCUT2D eigenvalue weighted by molar-refractivity contribution is 8.33. The van der Waals surface area contributed by atoms with Crippen LogP contribution in [0.4, 0.5) is 0 Å². The van der Waals surface area contributed by atoms with E-state index in [1.54, 1.807) is 0 Å². The molecule has 0 saturated carbocycles. The number of carbonyl (C=O) groups excluding carboxylic acids is 1. The van der Waals surface area contributed by atoms with Crippen molar-refractivity contribution in [2.24, 2.45) is 0 Å². The van der Waals surface area contributed by atoms with Crippen LogP contribution in [0.5, 0.6) is 0 Å². The second-order valence-electron chi connectivity index (χ2n) is 5.96. The van der Waals surface area contributed by atoms with Gasteiger partial charge < -0.3 is 0 Å². The third-order valence-electron chi connectivity index (χ3n) is 4.10. The van der Waals surface area contributed by atoms with Crippen LogP contribution in [-0.2, 0) is 6.42 Å². The van der Waals surface area contributed by atoms with Gasteiger partial charge in [0.15, 0.2) is 5.78 Å². The van der Waals surface area contributed by atoms with Gasteiger partial charge in [0.25, 0.3) is 0 Å². The summed E-state index contributed by atoms with van der Waals surface area (Å²) in [7, 11) is -0.625. The Morgan fingerprint density at radius 2 is 1.79 bits per heavy atom. The minimum absolute atomic E-state index is 0.362. The molecule has 0 radical (unpaired) electrons. The predicted molar refractivity (Wildman–Crippen MR) is 86.7 cm³/mol. The average molecular weight is 278 g/mol. The zero-order valence-corrected chi connectivity index (χ0v) is 13.1. The lowest BCUT2D eigenvalue weighted by Gasteiger charge is -2.29. The van der Waals surface area contributed by atoms with Crippen LogP contribution in [0.15, 0.2) is 24.3 Å². The fraction of sp³-hybridized carbons (Fsp3) is 0.588. The summed E-state index contributed by atoms with van der Waals surface area (Å²) in [5, 5.41) is 0. The SMILES string of the molecule is CCCCc1ccc(C(=O)CS2(C)CCCC2)cc1. The summed E-state index contributed by atoms with van der Waals surface area (Å²) in [6.07, 6.45) is 8.60. The first-order chi connectivity index (χ1) is 9.13. The summed E-state index contributed by atoms with van der Waals surface area (Å²) in [5.74, 6) is 3.77. The summed E-state index contributed by atoms with van der Waals surface area (Å²) in [5.41, 5.74) is 2.28. The molecule has 1 saturated heterocycles. The number of hydrogen-bond acceptors (Lipinski definition) is 1. The van der Waals surface area contributed by atoms with Crippen molar-refractivity contribution >= 4 is 15.8 Å². The minimum Gasteiger partial charge on any atom is -0.293 e. The van der Waals surface area contributed by atoms with Gasteiger partial charge in [-0.2, -0.15) is 0 Å². The maximum Gasteiger partial charge on any atom is 0.171 e. The summed E-state index contributed by atoms with van der Waals surface area (Å²) in [6.45, 7) is 2.21. The molecule has 2 heteroatoms. The number of Topliss-reactive ketones (excluding diaryl/α,β-unsaturated/α-hetero) is 1. The van der Waals surface area contributed by atoms with E-state index < -0.39 is 10.0 Å². The number of hydrogen-bond donors (Lipinski definition) is 0. The third-order valence-corrected chi connectivity index (χ3v) is 7.61. The summed E-state index contributed by atoms with van der Waals surface area (Å²) < 4.78 is 0. The molecule has 0 bridgehead atoms. The molecular weight excluding hydrogens is 252 g/mol. The molecule has 1 fully saturated rings. The van der Waals surface area contributed by atoms with E-state index in [4.69, 9.17) is 0 Å². The lowest BCUT2D eigenvalue weighted by atomic mass is 10.1. The lowest BCUT2D eigenvalue weighted by molar-refractivity contribution is 0.102. The van der Waals surface area contributed by atoms with E-state index in [0.29, 0.717) is 5.78 Å². The minimum atomic E-state index is -0.625. The molecule has 0 N–H and O–H groups in total. The molecule has 1 aromatic rings. The molecule has 1 aliphatic rings. The zero-order valence-electron chi connectivity index (χ0n) is 12.3. The van der Waals surface area contributed by atoms with E-state index in [1.807, 2.05) is 12.1 Å². The largest absolute Gasteiger partial charge is 0.293 e.